The second kappa shape index (κ2) is 4.39. The van der Waals surface area contributed by atoms with Gasteiger partial charge in [-0.05, 0) is 24.3 Å². The summed E-state index contributed by atoms with van der Waals surface area (Å²) < 4.78 is 13.2. The summed E-state index contributed by atoms with van der Waals surface area (Å²) in [4.78, 5) is 4.50. The molecule has 0 fully saturated rings. The van der Waals surface area contributed by atoms with Crippen LogP contribution in [0.1, 0.15) is 0 Å². The molecule has 0 N–H and O–H groups in total. The van der Waals surface area contributed by atoms with Crippen LogP contribution in [0.5, 0.6) is 0 Å². The van der Waals surface area contributed by atoms with Crippen molar-refractivity contribution in [3.05, 3.63) is 65.4 Å². The predicted octanol–water partition coefficient (Wildman–Crippen LogP) is 4.69. The van der Waals surface area contributed by atoms with Crippen LogP contribution in [-0.2, 0) is 0 Å². The zero-order valence-electron chi connectivity index (χ0n) is 9.40. The van der Waals surface area contributed by atoms with Gasteiger partial charge < -0.3 is 0 Å². The van der Waals surface area contributed by atoms with E-state index in [-0.39, 0.29) is 5.82 Å². The fourth-order valence-corrected chi connectivity index (χ4v) is 2.17. The smallest absolute Gasteiger partial charge is 0.124 e. The zero-order valence-corrected chi connectivity index (χ0v) is 10.2. The van der Waals surface area contributed by atoms with Crippen LogP contribution in [0.2, 0.25) is 5.02 Å². The van der Waals surface area contributed by atoms with Crippen molar-refractivity contribution < 1.29 is 4.39 Å². The molecule has 88 valence electrons. The Balaban J connectivity index is 2.25. The topological polar surface area (TPSA) is 12.9 Å². The van der Waals surface area contributed by atoms with Gasteiger partial charge in [0, 0.05) is 10.9 Å². The SMILES string of the molecule is Fc1ccc2nc(-c3ccccc3)cc(Cl)c2c1. The van der Waals surface area contributed by atoms with Crippen LogP contribution in [0.15, 0.2) is 54.6 Å². The molecular formula is C15H9ClFN. The summed E-state index contributed by atoms with van der Waals surface area (Å²) in [6, 6.07) is 16.0. The normalized spacial score (nSPS) is 10.8. The van der Waals surface area contributed by atoms with Crippen molar-refractivity contribution in [2.75, 3.05) is 0 Å². The molecule has 0 saturated heterocycles. The van der Waals surface area contributed by atoms with Crippen LogP contribution in [0, 0.1) is 5.82 Å². The maximum atomic E-state index is 13.2. The summed E-state index contributed by atoms with van der Waals surface area (Å²) in [6.45, 7) is 0. The van der Waals surface area contributed by atoms with E-state index in [0.29, 0.717) is 15.9 Å². The molecule has 0 atom stereocenters. The summed E-state index contributed by atoms with van der Waals surface area (Å²) in [6.07, 6.45) is 0. The maximum absolute atomic E-state index is 13.2. The quantitative estimate of drug-likeness (QED) is 0.616. The first-order valence-corrected chi connectivity index (χ1v) is 5.93. The van der Waals surface area contributed by atoms with E-state index in [1.807, 2.05) is 30.3 Å². The van der Waals surface area contributed by atoms with E-state index in [4.69, 9.17) is 11.6 Å². The van der Waals surface area contributed by atoms with Crippen LogP contribution in [-0.4, -0.2) is 4.98 Å². The minimum Gasteiger partial charge on any atom is -0.248 e. The van der Waals surface area contributed by atoms with Gasteiger partial charge in [-0.2, -0.15) is 0 Å². The molecule has 3 heteroatoms. The molecule has 3 rings (SSSR count). The molecule has 2 aromatic carbocycles. The van der Waals surface area contributed by atoms with Gasteiger partial charge in [-0.15, -0.1) is 0 Å². The zero-order chi connectivity index (χ0) is 12.5. The van der Waals surface area contributed by atoms with Gasteiger partial charge in [-0.25, -0.2) is 9.37 Å². The van der Waals surface area contributed by atoms with Gasteiger partial charge in [0.05, 0.1) is 16.2 Å². The Bertz CT molecular complexity index is 710. The molecule has 0 aliphatic carbocycles. The highest BCUT2D eigenvalue weighted by Gasteiger charge is 2.06. The van der Waals surface area contributed by atoms with Crippen molar-refractivity contribution in [3.8, 4) is 11.3 Å². The summed E-state index contributed by atoms with van der Waals surface area (Å²) in [5.74, 6) is -0.307. The monoisotopic (exact) mass is 257 g/mol. The Morgan fingerprint density at radius 1 is 0.944 bits per heavy atom. The number of halogens is 2. The van der Waals surface area contributed by atoms with Crippen LogP contribution in [0.25, 0.3) is 22.2 Å². The molecule has 1 aromatic heterocycles. The van der Waals surface area contributed by atoms with Crippen molar-refractivity contribution in [3.63, 3.8) is 0 Å². The van der Waals surface area contributed by atoms with Crippen molar-refractivity contribution in [1.29, 1.82) is 0 Å². The lowest BCUT2D eigenvalue weighted by molar-refractivity contribution is 0.629. The molecule has 18 heavy (non-hydrogen) atoms. The van der Waals surface area contributed by atoms with Gasteiger partial charge in [0.1, 0.15) is 5.82 Å². The van der Waals surface area contributed by atoms with Crippen LogP contribution >= 0.6 is 11.6 Å². The second-order valence-electron chi connectivity index (χ2n) is 4.02. The Kier molecular flexibility index (Phi) is 2.73. The average molecular weight is 258 g/mol. The van der Waals surface area contributed by atoms with E-state index in [1.54, 1.807) is 12.1 Å². The van der Waals surface area contributed by atoms with Gasteiger partial charge in [0.15, 0.2) is 0 Å². The molecule has 0 unspecified atom stereocenters. The highest BCUT2D eigenvalue weighted by atomic mass is 35.5. The largest absolute Gasteiger partial charge is 0.248 e. The summed E-state index contributed by atoms with van der Waals surface area (Å²) >= 11 is 6.18. The first-order chi connectivity index (χ1) is 8.74. The molecule has 0 spiro atoms. The fourth-order valence-electron chi connectivity index (χ4n) is 1.91. The number of benzene rings is 2. The Labute approximate surface area is 109 Å². The minimum absolute atomic E-state index is 0.307. The molecule has 3 aromatic rings. The van der Waals surface area contributed by atoms with Gasteiger partial charge in [-0.1, -0.05) is 41.9 Å². The molecule has 1 nitrogen and oxygen atoms in total. The van der Waals surface area contributed by atoms with Crippen LogP contribution in [0.3, 0.4) is 0 Å². The minimum atomic E-state index is -0.307. The number of fused-ring (bicyclic) bond motifs is 1. The average Bonchev–Trinajstić information content (AvgIpc) is 2.40. The van der Waals surface area contributed by atoms with Gasteiger partial charge >= 0.3 is 0 Å². The molecule has 1 heterocycles. The molecule has 0 aliphatic rings. The lowest BCUT2D eigenvalue weighted by Crippen LogP contribution is -1.87. The first-order valence-electron chi connectivity index (χ1n) is 5.55. The number of aromatic nitrogens is 1. The third-order valence-electron chi connectivity index (χ3n) is 2.79. The van der Waals surface area contributed by atoms with E-state index < -0.39 is 0 Å². The maximum Gasteiger partial charge on any atom is 0.124 e. The van der Waals surface area contributed by atoms with E-state index in [9.17, 15) is 4.39 Å². The number of pyridine rings is 1. The van der Waals surface area contributed by atoms with Crippen molar-refractivity contribution >= 4 is 22.5 Å². The third-order valence-corrected chi connectivity index (χ3v) is 3.10. The molecule has 0 bridgehead atoms. The summed E-state index contributed by atoms with van der Waals surface area (Å²) in [7, 11) is 0. The number of hydrogen-bond acceptors (Lipinski definition) is 1. The van der Waals surface area contributed by atoms with Crippen molar-refractivity contribution in [2.45, 2.75) is 0 Å². The molecule has 0 aliphatic heterocycles. The van der Waals surface area contributed by atoms with E-state index in [1.165, 1.54) is 12.1 Å². The highest BCUT2D eigenvalue weighted by molar-refractivity contribution is 6.35. The number of rotatable bonds is 1. The highest BCUT2D eigenvalue weighted by Crippen LogP contribution is 2.28. The Hall–Kier alpha value is -1.93. The van der Waals surface area contributed by atoms with Gasteiger partial charge in [0.25, 0.3) is 0 Å². The van der Waals surface area contributed by atoms with Gasteiger partial charge in [0.2, 0.25) is 0 Å². The second-order valence-corrected chi connectivity index (χ2v) is 4.42. The Morgan fingerprint density at radius 3 is 2.50 bits per heavy atom. The third kappa shape index (κ3) is 1.95. The number of nitrogens with zero attached hydrogens (tertiary/aromatic N) is 1. The van der Waals surface area contributed by atoms with Crippen molar-refractivity contribution in [2.24, 2.45) is 0 Å². The lowest BCUT2D eigenvalue weighted by atomic mass is 10.1. The first kappa shape index (κ1) is 11.2. The van der Waals surface area contributed by atoms with Crippen LogP contribution < -0.4 is 0 Å². The molecular weight excluding hydrogens is 249 g/mol. The molecule has 0 amide bonds. The Morgan fingerprint density at radius 2 is 1.72 bits per heavy atom. The van der Waals surface area contributed by atoms with E-state index in [0.717, 1.165) is 11.3 Å². The van der Waals surface area contributed by atoms with E-state index in [2.05, 4.69) is 4.98 Å². The summed E-state index contributed by atoms with van der Waals surface area (Å²) in [5, 5.41) is 1.15. The van der Waals surface area contributed by atoms with Crippen LogP contribution in [0.4, 0.5) is 4.39 Å². The summed E-state index contributed by atoms with van der Waals surface area (Å²) in [5.41, 5.74) is 2.48. The van der Waals surface area contributed by atoms with Gasteiger partial charge in [-0.3, -0.25) is 0 Å². The predicted molar refractivity (Wildman–Crippen MR) is 72.1 cm³/mol. The molecule has 0 radical (unpaired) electrons. The number of hydrogen-bond donors (Lipinski definition) is 0. The fraction of sp³-hybridized carbons (Fsp3) is 0. The molecule has 0 saturated carbocycles. The van der Waals surface area contributed by atoms with E-state index >= 15 is 0 Å². The standard InChI is InChI=1S/C15H9ClFN/c16-13-9-15(10-4-2-1-3-5-10)18-14-7-6-11(17)8-12(13)14/h1-9H. The lowest BCUT2D eigenvalue weighted by Gasteiger charge is -2.05. The van der Waals surface area contributed by atoms with Crippen molar-refractivity contribution in [1.82, 2.24) is 4.98 Å².